The van der Waals surface area contributed by atoms with Crippen LogP contribution in [-0.2, 0) is 6.42 Å². The molecule has 0 aliphatic heterocycles. The number of H-pyrrole nitrogens is 1. The largest absolute Gasteiger partial charge is 0.335 e. The van der Waals surface area contributed by atoms with Crippen LogP contribution in [0.4, 0.5) is 0 Å². The minimum atomic E-state index is 0.719. The number of nitrogens with one attached hydrogen (secondary N) is 1. The van der Waals surface area contributed by atoms with E-state index in [2.05, 4.69) is 72.5 Å². The van der Waals surface area contributed by atoms with Gasteiger partial charge in [-0.1, -0.05) is 38.1 Å². The SMILES string of the molecule is CCCN=C(c1nc2c(-c3cccs3)cncc2[nH]1)c1cc(-c2cc(CC)ccc2C)cnc1C. The fraction of sp³-hybridized carbons (Fsp3) is 0.241. The summed E-state index contributed by atoms with van der Waals surface area (Å²) in [5.41, 5.74) is 10.5. The summed E-state index contributed by atoms with van der Waals surface area (Å²) in [6.07, 6.45) is 7.65. The fourth-order valence-corrected chi connectivity index (χ4v) is 5.03. The third-order valence-corrected chi connectivity index (χ3v) is 7.17. The number of aliphatic imine (C=N–C) groups is 1. The fourth-order valence-electron chi connectivity index (χ4n) is 4.29. The Morgan fingerprint density at radius 3 is 2.69 bits per heavy atom. The van der Waals surface area contributed by atoms with Gasteiger partial charge >= 0.3 is 0 Å². The number of imidazole rings is 1. The monoisotopic (exact) mass is 479 g/mol. The molecule has 5 rings (SSSR count). The average Bonchev–Trinajstić information content (AvgIpc) is 3.56. The molecule has 6 heteroatoms. The zero-order chi connectivity index (χ0) is 24.4. The molecule has 0 amide bonds. The van der Waals surface area contributed by atoms with Gasteiger partial charge in [-0.25, -0.2) is 4.98 Å². The summed E-state index contributed by atoms with van der Waals surface area (Å²) in [6.45, 7) is 9.23. The highest BCUT2D eigenvalue weighted by Crippen LogP contribution is 2.31. The Balaban J connectivity index is 1.66. The first kappa shape index (κ1) is 23.1. The van der Waals surface area contributed by atoms with Crippen molar-refractivity contribution in [3.05, 3.63) is 88.6 Å². The van der Waals surface area contributed by atoms with Crippen molar-refractivity contribution >= 4 is 28.1 Å². The van der Waals surface area contributed by atoms with Crippen LogP contribution in [0.5, 0.6) is 0 Å². The number of nitrogens with zero attached hydrogens (tertiary/aromatic N) is 4. The molecular weight excluding hydrogens is 450 g/mol. The average molecular weight is 480 g/mol. The maximum atomic E-state index is 5.04. The Kier molecular flexibility index (Phi) is 6.55. The number of hydrogen-bond donors (Lipinski definition) is 1. The quantitative estimate of drug-likeness (QED) is 0.252. The van der Waals surface area contributed by atoms with Crippen molar-refractivity contribution in [1.82, 2.24) is 19.9 Å². The van der Waals surface area contributed by atoms with E-state index in [4.69, 9.17) is 15.0 Å². The highest BCUT2D eigenvalue weighted by molar-refractivity contribution is 7.13. The summed E-state index contributed by atoms with van der Waals surface area (Å²) < 4.78 is 0. The highest BCUT2D eigenvalue weighted by Gasteiger charge is 2.19. The van der Waals surface area contributed by atoms with E-state index >= 15 is 0 Å². The molecule has 176 valence electrons. The lowest BCUT2D eigenvalue weighted by molar-refractivity contribution is 0.930. The Bertz CT molecular complexity index is 1510. The molecule has 5 aromatic rings. The van der Waals surface area contributed by atoms with E-state index < -0.39 is 0 Å². The molecule has 5 nitrogen and oxygen atoms in total. The predicted molar refractivity (Wildman–Crippen MR) is 147 cm³/mol. The molecule has 0 saturated carbocycles. The lowest BCUT2D eigenvalue weighted by atomic mass is 9.96. The van der Waals surface area contributed by atoms with Crippen LogP contribution in [0.25, 0.3) is 32.6 Å². The lowest BCUT2D eigenvalue weighted by Crippen LogP contribution is -2.10. The third-order valence-electron chi connectivity index (χ3n) is 6.26. The molecule has 1 aromatic carbocycles. The van der Waals surface area contributed by atoms with Crippen molar-refractivity contribution in [1.29, 1.82) is 0 Å². The summed E-state index contributed by atoms with van der Waals surface area (Å²) in [5.74, 6) is 0.750. The Morgan fingerprint density at radius 1 is 1.03 bits per heavy atom. The second-order valence-corrected chi connectivity index (χ2v) is 9.68. The molecule has 0 saturated heterocycles. The summed E-state index contributed by atoms with van der Waals surface area (Å²) in [4.78, 5) is 23.9. The zero-order valence-electron chi connectivity index (χ0n) is 20.6. The van der Waals surface area contributed by atoms with Gasteiger partial charge in [0.2, 0.25) is 0 Å². The number of aryl methyl sites for hydroxylation is 3. The number of aromatic nitrogens is 4. The Labute approximate surface area is 210 Å². The first-order valence-electron chi connectivity index (χ1n) is 12.1. The summed E-state index contributed by atoms with van der Waals surface area (Å²) >= 11 is 1.69. The van der Waals surface area contributed by atoms with Gasteiger partial charge in [-0.15, -0.1) is 11.3 Å². The minimum absolute atomic E-state index is 0.719. The molecule has 4 heterocycles. The number of thiophene rings is 1. The summed E-state index contributed by atoms with van der Waals surface area (Å²) in [7, 11) is 0. The van der Waals surface area contributed by atoms with Gasteiger partial charge in [-0.3, -0.25) is 15.0 Å². The van der Waals surface area contributed by atoms with Gasteiger partial charge in [0.1, 0.15) is 11.2 Å². The second-order valence-electron chi connectivity index (χ2n) is 8.74. The predicted octanol–water partition coefficient (Wildman–Crippen LogP) is 7.18. The van der Waals surface area contributed by atoms with Gasteiger partial charge in [0.25, 0.3) is 0 Å². The maximum Gasteiger partial charge on any atom is 0.157 e. The molecule has 1 N–H and O–H groups in total. The first-order valence-corrected chi connectivity index (χ1v) is 13.0. The van der Waals surface area contributed by atoms with Gasteiger partial charge in [-0.05, 0) is 60.9 Å². The smallest absolute Gasteiger partial charge is 0.157 e. The zero-order valence-corrected chi connectivity index (χ0v) is 21.4. The summed E-state index contributed by atoms with van der Waals surface area (Å²) in [6, 6.07) is 13.0. The van der Waals surface area contributed by atoms with Crippen LogP contribution in [0.1, 0.15) is 48.5 Å². The molecular formula is C29H29N5S. The van der Waals surface area contributed by atoms with Gasteiger partial charge in [0.15, 0.2) is 5.82 Å². The molecule has 0 aliphatic rings. The standard InChI is InChI=1S/C29H29N5S/c1-5-11-31-28(29-33-25-17-30-16-24(27(25)34-29)26-8-7-12-35-26)23-14-21(15-32-19(23)4)22-13-20(6-2)10-9-18(22)3/h7-10,12-17H,5-6,11H2,1-4H3,(H,33,34). The molecule has 0 spiro atoms. The van der Waals surface area contributed by atoms with Crippen LogP contribution < -0.4 is 0 Å². The van der Waals surface area contributed by atoms with Crippen molar-refractivity contribution in [3.8, 4) is 21.6 Å². The molecule has 0 unspecified atom stereocenters. The van der Waals surface area contributed by atoms with Crippen molar-refractivity contribution in [3.63, 3.8) is 0 Å². The normalized spacial score (nSPS) is 11.9. The number of rotatable bonds is 7. The maximum absolute atomic E-state index is 5.04. The number of fused-ring (bicyclic) bond motifs is 1. The molecule has 4 aromatic heterocycles. The van der Waals surface area contributed by atoms with Gasteiger partial charge in [-0.2, -0.15) is 0 Å². The van der Waals surface area contributed by atoms with E-state index in [9.17, 15) is 0 Å². The van der Waals surface area contributed by atoms with Crippen LogP contribution >= 0.6 is 11.3 Å². The molecule has 0 atom stereocenters. The second kappa shape index (κ2) is 9.92. The van der Waals surface area contributed by atoms with E-state index in [1.165, 1.54) is 16.7 Å². The Morgan fingerprint density at radius 2 is 1.91 bits per heavy atom. The van der Waals surface area contributed by atoms with Crippen LogP contribution in [0, 0.1) is 13.8 Å². The summed E-state index contributed by atoms with van der Waals surface area (Å²) in [5, 5.41) is 2.08. The van der Waals surface area contributed by atoms with Crippen molar-refractivity contribution in [2.75, 3.05) is 6.54 Å². The van der Waals surface area contributed by atoms with Crippen LogP contribution in [0.2, 0.25) is 0 Å². The third kappa shape index (κ3) is 4.54. The van der Waals surface area contributed by atoms with Crippen LogP contribution in [0.3, 0.4) is 0 Å². The number of pyridine rings is 2. The van der Waals surface area contributed by atoms with Gasteiger partial charge in [0, 0.05) is 46.2 Å². The number of hydrogen-bond acceptors (Lipinski definition) is 5. The molecule has 0 radical (unpaired) electrons. The number of aromatic amines is 1. The molecule has 35 heavy (non-hydrogen) atoms. The molecule has 0 fully saturated rings. The Hall–Kier alpha value is -3.64. The number of benzene rings is 1. The molecule has 0 bridgehead atoms. The van der Waals surface area contributed by atoms with Gasteiger partial charge < -0.3 is 4.98 Å². The van der Waals surface area contributed by atoms with Crippen molar-refractivity contribution in [2.45, 2.75) is 40.5 Å². The van der Waals surface area contributed by atoms with Crippen LogP contribution in [-0.4, -0.2) is 32.2 Å². The van der Waals surface area contributed by atoms with E-state index in [1.54, 1.807) is 11.3 Å². The topological polar surface area (TPSA) is 66.8 Å². The minimum Gasteiger partial charge on any atom is -0.335 e. The van der Waals surface area contributed by atoms with Gasteiger partial charge in [0.05, 0.1) is 11.7 Å². The van der Waals surface area contributed by atoms with E-state index in [1.807, 2.05) is 25.5 Å². The first-order chi connectivity index (χ1) is 17.1. The van der Waals surface area contributed by atoms with E-state index in [0.29, 0.717) is 0 Å². The molecule has 0 aliphatic carbocycles. The van der Waals surface area contributed by atoms with E-state index in [-0.39, 0.29) is 0 Å². The van der Waals surface area contributed by atoms with Crippen molar-refractivity contribution in [2.24, 2.45) is 4.99 Å². The lowest BCUT2D eigenvalue weighted by Gasteiger charge is -2.13. The van der Waals surface area contributed by atoms with E-state index in [0.717, 1.165) is 69.2 Å². The van der Waals surface area contributed by atoms with Crippen molar-refractivity contribution < 1.29 is 0 Å². The highest BCUT2D eigenvalue weighted by atomic mass is 32.1. The van der Waals surface area contributed by atoms with Crippen LogP contribution in [0.15, 0.2) is 65.4 Å².